The van der Waals surface area contributed by atoms with Gasteiger partial charge >= 0.3 is 0 Å². The number of rotatable bonds is 9. The van der Waals surface area contributed by atoms with Gasteiger partial charge in [-0.15, -0.1) is 11.6 Å². The number of alkyl halides is 1. The molecule has 1 aromatic rings. The van der Waals surface area contributed by atoms with Crippen LogP contribution in [0.25, 0.3) is 0 Å². The summed E-state index contributed by atoms with van der Waals surface area (Å²) >= 11 is 5.58. The molecule has 0 N–H and O–H groups in total. The van der Waals surface area contributed by atoms with Crippen LogP contribution in [0.2, 0.25) is 0 Å². The molecule has 0 radical (unpaired) electrons. The van der Waals surface area contributed by atoms with E-state index in [1.54, 1.807) is 7.11 Å². The van der Waals surface area contributed by atoms with Gasteiger partial charge in [0.15, 0.2) is 0 Å². The Morgan fingerprint density at radius 2 is 2.05 bits per heavy atom. The van der Waals surface area contributed by atoms with Crippen molar-refractivity contribution < 1.29 is 14.2 Å². The summed E-state index contributed by atoms with van der Waals surface area (Å²) in [6.45, 7) is 2.53. The van der Waals surface area contributed by atoms with Gasteiger partial charge in [0.25, 0.3) is 0 Å². The molecule has 0 unspecified atom stereocenters. The van der Waals surface area contributed by atoms with Gasteiger partial charge in [0.05, 0.1) is 6.61 Å². The molecule has 0 fully saturated rings. The van der Waals surface area contributed by atoms with Crippen LogP contribution in [0.1, 0.15) is 18.4 Å². The van der Waals surface area contributed by atoms with E-state index in [9.17, 15) is 0 Å². The normalized spacial score (nSPS) is 9.90. The highest BCUT2D eigenvalue weighted by atomic mass is 35.5. The third-order valence-electron chi connectivity index (χ3n) is 2.42. The summed E-state index contributed by atoms with van der Waals surface area (Å²) in [4.78, 5) is 0. The largest absolute Gasteiger partial charge is 0.491 e. The molecule has 0 spiro atoms. The van der Waals surface area contributed by atoms with Gasteiger partial charge in [0.1, 0.15) is 12.4 Å². The quantitative estimate of drug-likeness (QED) is 0.398. The molecule has 0 atom stereocenters. The number of ether oxygens (including phenoxy) is 3. The maximum atomic E-state index is 5.61. The van der Waals surface area contributed by atoms with E-state index in [1.807, 2.05) is 24.3 Å². The van der Waals surface area contributed by atoms with Gasteiger partial charge in [-0.05, 0) is 24.6 Å². The van der Waals surface area contributed by atoms with Gasteiger partial charge < -0.3 is 14.2 Å². The highest BCUT2D eigenvalue weighted by Gasteiger charge is 1.95. The standard InChI is InChI=1S/C16H21ClO3/c1-18-10-5-11-19-12-13-20-16-8-4-7-15(14-16)6-2-3-9-17/h4,7-8,14H,3,5,9-13H2,1H3. The summed E-state index contributed by atoms with van der Waals surface area (Å²) in [7, 11) is 1.69. The Bertz CT molecular complexity index is 423. The Hall–Kier alpha value is -1.21. The molecular formula is C16H21ClO3. The van der Waals surface area contributed by atoms with Crippen LogP contribution >= 0.6 is 11.6 Å². The molecule has 4 heteroatoms. The fourth-order valence-corrected chi connectivity index (χ4v) is 1.60. The SMILES string of the molecule is COCCCOCCOc1cccc(C#CCCCl)c1. The van der Waals surface area contributed by atoms with Gasteiger partial charge in [0, 0.05) is 38.2 Å². The monoisotopic (exact) mass is 296 g/mol. The maximum Gasteiger partial charge on any atom is 0.120 e. The number of hydrogen-bond donors (Lipinski definition) is 0. The Balaban J connectivity index is 2.23. The average molecular weight is 297 g/mol. The summed E-state index contributed by atoms with van der Waals surface area (Å²) in [5, 5.41) is 0. The number of methoxy groups -OCH3 is 1. The molecule has 20 heavy (non-hydrogen) atoms. The van der Waals surface area contributed by atoms with Crippen molar-refractivity contribution in [3.05, 3.63) is 29.8 Å². The first-order valence-electron chi connectivity index (χ1n) is 6.71. The lowest BCUT2D eigenvalue weighted by atomic mass is 10.2. The third kappa shape index (κ3) is 8.06. The van der Waals surface area contributed by atoms with E-state index in [1.165, 1.54) is 0 Å². The smallest absolute Gasteiger partial charge is 0.120 e. The van der Waals surface area contributed by atoms with E-state index >= 15 is 0 Å². The lowest BCUT2D eigenvalue weighted by molar-refractivity contribution is 0.0806. The first-order chi connectivity index (χ1) is 9.86. The van der Waals surface area contributed by atoms with Crippen LogP contribution in [-0.2, 0) is 9.47 Å². The molecule has 0 amide bonds. The molecule has 0 aliphatic heterocycles. The number of hydrogen-bond acceptors (Lipinski definition) is 3. The van der Waals surface area contributed by atoms with E-state index < -0.39 is 0 Å². The number of halogens is 1. The van der Waals surface area contributed by atoms with Crippen LogP contribution in [0.15, 0.2) is 24.3 Å². The second-order valence-corrected chi connectivity index (χ2v) is 4.45. The summed E-state index contributed by atoms with van der Waals surface area (Å²) in [5.41, 5.74) is 0.939. The fourth-order valence-electron chi connectivity index (χ4n) is 1.50. The van der Waals surface area contributed by atoms with Crippen molar-refractivity contribution in [1.82, 2.24) is 0 Å². The summed E-state index contributed by atoms with van der Waals surface area (Å²) in [6.07, 6.45) is 1.60. The van der Waals surface area contributed by atoms with Gasteiger partial charge in [-0.1, -0.05) is 17.9 Å². The van der Waals surface area contributed by atoms with Crippen LogP contribution in [-0.4, -0.2) is 39.4 Å². The maximum absolute atomic E-state index is 5.61. The Morgan fingerprint density at radius 1 is 1.15 bits per heavy atom. The molecule has 1 aromatic carbocycles. The zero-order valence-electron chi connectivity index (χ0n) is 11.9. The highest BCUT2D eigenvalue weighted by Crippen LogP contribution is 2.12. The second-order valence-electron chi connectivity index (χ2n) is 4.08. The minimum absolute atomic E-state index is 0.533. The molecule has 0 heterocycles. The van der Waals surface area contributed by atoms with E-state index in [0.717, 1.165) is 24.3 Å². The average Bonchev–Trinajstić information content (AvgIpc) is 2.47. The zero-order valence-corrected chi connectivity index (χ0v) is 12.6. The van der Waals surface area contributed by atoms with E-state index in [0.29, 0.717) is 32.1 Å². The fraction of sp³-hybridized carbons (Fsp3) is 0.500. The van der Waals surface area contributed by atoms with Crippen LogP contribution < -0.4 is 4.74 Å². The lowest BCUT2D eigenvalue weighted by Crippen LogP contribution is -2.08. The highest BCUT2D eigenvalue weighted by molar-refractivity contribution is 6.18. The Morgan fingerprint density at radius 3 is 2.85 bits per heavy atom. The van der Waals surface area contributed by atoms with Crippen molar-refractivity contribution in [2.24, 2.45) is 0 Å². The van der Waals surface area contributed by atoms with Gasteiger partial charge in [-0.25, -0.2) is 0 Å². The van der Waals surface area contributed by atoms with Crippen LogP contribution in [0.4, 0.5) is 0 Å². The molecule has 0 aromatic heterocycles. The minimum atomic E-state index is 0.533. The van der Waals surface area contributed by atoms with Crippen molar-refractivity contribution in [3.63, 3.8) is 0 Å². The van der Waals surface area contributed by atoms with E-state index in [-0.39, 0.29) is 0 Å². The first-order valence-corrected chi connectivity index (χ1v) is 7.24. The Labute approximate surface area is 126 Å². The molecule has 0 saturated carbocycles. The number of benzene rings is 1. The van der Waals surface area contributed by atoms with Crippen LogP contribution in [0.5, 0.6) is 5.75 Å². The molecule has 0 aliphatic carbocycles. The van der Waals surface area contributed by atoms with Crippen LogP contribution in [0, 0.1) is 11.8 Å². The molecule has 1 rings (SSSR count). The topological polar surface area (TPSA) is 27.7 Å². The van der Waals surface area contributed by atoms with Gasteiger partial charge in [-0.2, -0.15) is 0 Å². The summed E-state index contributed by atoms with van der Waals surface area (Å²) in [6, 6.07) is 7.72. The van der Waals surface area contributed by atoms with E-state index in [2.05, 4.69) is 11.8 Å². The summed E-state index contributed by atoms with van der Waals surface area (Å²) in [5.74, 6) is 7.42. The zero-order chi connectivity index (χ0) is 14.5. The first kappa shape index (κ1) is 16.8. The van der Waals surface area contributed by atoms with Gasteiger partial charge in [0.2, 0.25) is 0 Å². The van der Waals surface area contributed by atoms with Gasteiger partial charge in [-0.3, -0.25) is 0 Å². The molecule has 0 saturated heterocycles. The third-order valence-corrected chi connectivity index (χ3v) is 2.61. The molecule has 0 aliphatic rings. The second kappa shape index (κ2) is 11.6. The Kier molecular flexibility index (Phi) is 9.77. The summed E-state index contributed by atoms with van der Waals surface area (Å²) < 4.78 is 16.0. The molecule has 3 nitrogen and oxygen atoms in total. The minimum Gasteiger partial charge on any atom is -0.491 e. The molecule has 110 valence electrons. The predicted octanol–water partition coefficient (Wildman–Crippen LogP) is 3.10. The van der Waals surface area contributed by atoms with Crippen molar-refractivity contribution in [3.8, 4) is 17.6 Å². The van der Waals surface area contributed by atoms with Crippen molar-refractivity contribution in [2.45, 2.75) is 12.8 Å². The van der Waals surface area contributed by atoms with E-state index in [4.69, 9.17) is 25.8 Å². The van der Waals surface area contributed by atoms with Crippen molar-refractivity contribution >= 4 is 11.6 Å². The van der Waals surface area contributed by atoms with Crippen molar-refractivity contribution in [2.75, 3.05) is 39.4 Å². The lowest BCUT2D eigenvalue weighted by Gasteiger charge is -2.07. The molecular weight excluding hydrogens is 276 g/mol. The molecule has 0 bridgehead atoms. The predicted molar refractivity (Wildman–Crippen MR) is 81.5 cm³/mol. The van der Waals surface area contributed by atoms with Crippen molar-refractivity contribution in [1.29, 1.82) is 0 Å². The van der Waals surface area contributed by atoms with Crippen LogP contribution in [0.3, 0.4) is 0 Å².